The summed E-state index contributed by atoms with van der Waals surface area (Å²) < 4.78 is 0. The normalized spacial score (nSPS) is 20.5. The molecule has 16 nitrogen and oxygen atoms in total. The van der Waals surface area contributed by atoms with Crippen molar-refractivity contribution in [3.63, 3.8) is 0 Å². The molecule has 96 heavy (non-hydrogen) atoms. The van der Waals surface area contributed by atoms with Crippen LogP contribution in [0.25, 0.3) is 90.7 Å². The van der Waals surface area contributed by atoms with Crippen LogP contribution in [-0.4, -0.2) is 79.7 Å². The number of fused-ring (bicyclic) bond motifs is 20. The summed E-state index contributed by atoms with van der Waals surface area (Å²) in [5.74, 6) is -0.178. The Bertz CT molecular complexity index is 5520. The molecule has 0 saturated carbocycles. The predicted molar refractivity (Wildman–Crippen MR) is 358 cm³/mol. The van der Waals surface area contributed by atoms with E-state index in [2.05, 4.69) is 204 Å². The summed E-state index contributed by atoms with van der Waals surface area (Å²) in [6.45, 7) is 0. The lowest BCUT2D eigenvalue weighted by Gasteiger charge is -2.40. The maximum atomic E-state index is 5.75. The fourth-order valence-electron chi connectivity index (χ4n) is 18.8. The summed E-state index contributed by atoms with van der Waals surface area (Å²) in [5.41, 5.74) is 32.1. The number of aromatic amines is 2. The molecule has 29 rings (SSSR count). The average Bonchev–Trinajstić information content (AvgIpc) is 1.14. The first-order chi connectivity index (χ1) is 47.6. The third-order valence-electron chi connectivity index (χ3n) is 22.4. The van der Waals surface area contributed by atoms with Crippen LogP contribution in [0, 0.1) is 0 Å². The van der Waals surface area contributed by atoms with Gasteiger partial charge in [-0.05, 0) is 89.0 Å². The van der Waals surface area contributed by atoms with Gasteiger partial charge in [-0.3, -0.25) is 0 Å². The van der Waals surface area contributed by atoms with Crippen molar-refractivity contribution in [2.24, 2.45) is 0 Å². The highest BCUT2D eigenvalue weighted by Gasteiger charge is 2.49. The Morgan fingerprint density at radius 2 is 0.312 bits per heavy atom. The van der Waals surface area contributed by atoms with E-state index in [1.807, 2.05) is 0 Å². The van der Waals surface area contributed by atoms with E-state index in [0.717, 1.165) is 45.6 Å². The third-order valence-corrected chi connectivity index (χ3v) is 22.4. The van der Waals surface area contributed by atoms with Gasteiger partial charge in [-0.25, -0.2) is 69.8 Å². The summed E-state index contributed by atoms with van der Waals surface area (Å²) in [6.07, 6.45) is 0. The van der Waals surface area contributed by atoms with Gasteiger partial charge >= 0.3 is 0 Å². The van der Waals surface area contributed by atoms with Gasteiger partial charge < -0.3 is 9.97 Å². The van der Waals surface area contributed by atoms with Crippen molar-refractivity contribution in [3.05, 3.63) is 329 Å². The third kappa shape index (κ3) is 5.88. The predicted octanol–water partition coefficient (Wildman–Crippen LogP) is 14.0. The molecule has 16 bridgehead atoms. The van der Waals surface area contributed by atoms with Gasteiger partial charge in [0, 0.05) is 0 Å². The van der Waals surface area contributed by atoms with E-state index in [1.54, 1.807) is 0 Å². The molecule has 0 amide bonds. The van der Waals surface area contributed by atoms with E-state index in [4.69, 9.17) is 69.8 Å². The second-order valence-corrected chi connectivity index (χ2v) is 26.9. The van der Waals surface area contributed by atoms with Crippen LogP contribution < -0.4 is 0 Å². The smallest absolute Gasteiger partial charge is 0.184 e. The number of hydrogen-bond donors (Lipinski definition) is 2. The molecule has 0 fully saturated rings. The van der Waals surface area contributed by atoms with Gasteiger partial charge in [0.15, 0.2) is 45.9 Å². The van der Waals surface area contributed by atoms with E-state index < -0.39 is 0 Å². The Balaban J connectivity index is 0.814. The first-order valence-corrected chi connectivity index (χ1v) is 32.8. The molecule has 7 aromatic heterocycles. The molecule has 0 radical (unpaired) electrons. The summed E-state index contributed by atoms with van der Waals surface area (Å²) in [7, 11) is 0. The quantitative estimate of drug-likeness (QED) is 0.145. The minimum Gasteiger partial charge on any atom is -0.321 e. The largest absolute Gasteiger partial charge is 0.321 e. The van der Waals surface area contributed by atoms with Gasteiger partial charge in [0.2, 0.25) is 0 Å². The maximum absolute atomic E-state index is 5.75. The van der Waals surface area contributed by atoms with Crippen LogP contribution in [0.2, 0.25) is 0 Å². The van der Waals surface area contributed by atoms with E-state index in [-0.39, 0.29) is 47.3 Å². The SMILES string of the molecule is c1ccc2c(c1)C1c3ccccc3C2c2nc3c(nc21)-c1nc-3nc2[nH]c(nc3nc(nc4[nH]c(n1)c1nc5c(nc41)C1c4ccccc4C5c4ccccc41)-c1nc4c(nc1-3)C1c3ccccc3C4c3ccccc31)c1nc3c(nc21)C1c2ccccc2C3c2ccccc21. The monoisotopic (exact) mass is 1230 g/mol. The molecule has 15 aromatic rings. The van der Waals surface area contributed by atoms with Crippen LogP contribution in [0.4, 0.5) is 0 Å². The molecule has 8 aromatic carbocycles. The van der Waals surface area contributed by atoms with Crippen molar-refractivity contribution in [1.82, 2.24) is 79.7 Å². The Morgan fingerprint density at radius 1 is 0.167 bits per heavy atom. The molecule has 442 valence electrons. The highest BCUT2D eigenvalue weighted by Crippen LogP contribution is 2.60. The lowest BCUT2D eigenvalue weighted by atomic mass is 9.64. The van der Waals surface area contributed by atoms with Crippen molar-refractivity contribution in [2.45, 2.75) is 47.3 Å². The number of rotatable bonds is 0. The van der Waals surface area contributed by atoms with Crippen LogP contribution in [-0.2, 0) is 0 Å². The maximum Gasteiger partial charge on any atom is 0.184 e. The van der Waals surface area contributed by atoms with Gasteiger partial charge in [-0.2, -0.15) is 0 Å². The zero-order valence-electron chi connectivity index (χ0n) is 50.4. The minimum absolute atomic E-state index is 0.175. The molecule has 0 unspecified atom stereocenters. The van der Waals surface area contributed by atoms with Crippen molar-refractivity contribution < 1.29 is 0 Å². The van der Waals surface area contributed by atoms with Crippen LogP contribution in [0.15, 0.2) is 194 Å². The van der Waals surface area contributed by atoms with E-state index >= 15 is 0 Å². The molecular weight excluding hydrogens is 1180 g/mol. The van der Waals surface area contributed by atoms with Crippen LogP contribution in [0.1, 0.15) is 182 Å². The molecule has 0 atom stereocenters. The number of nitrogens with one attached hydrogen (secondary N) is 2. The standard InChI is InChI=1S/C80H42N16/c1-2-18-34-33(17-1)49-35-19-3-4-20-36(35)50(34)58-57(49)81-65-66(82-58)74-89-73(65)93-75-67-68(84-60-52-39-23-7-5-21-37(39)51(59(60)83-67)38-22-6-8-24-40(38)52)77(90-75)95-79-71-72(88-64-56-47-31-15-13-29-45(47)55(63(64)87-71)46-30-14-16-32-48(46)56)80(92-79)96-78-70-69(76(91-78)94-74)85-61-53-41-25-9-11-27-43(41)54(62(61)86-70)44-28-12-10-26-42(44)53/h1-32,49-56H,(H2,89,90,91,92,93,94,95,96). The van der Waals surface area contributed by atoms with Crippen molar-refractivity contribution >= 4 is 44.7 Å². The van der Waals surface area contributed by atoms with Crippen LogP contribution in [0.3, 0.4) is 0 Å². The molecule has 0 spiro atoms. The van der Waals surface area contributed by atoms with Crippen molar-refractivity contribution in [1.29, 1.82) is 0 Å². The molecular formula is C80H42N16. The zero-order chi connectivity index (χ0) is 61.7. The van der Waals surface area contributed by atoms with E-state index in [9.17, 15) is 0 Å². The van der Waals surface area contributed by atoms with Gasteiger partial charge in [0.25, 0.3) is 0 Å². The zero-order valence-corrected chi connectivity index (χ0v) is 50.4. The van der Waals surface area contributed by atoms with Gasteiger partial charge in [-0.1, -0.05) is 194 Å². The fraction of sp³-hybridized carbons (Fsp3) is 0.100. The second-order valence-electron chi connectivity index (χ2n) is 26.9. The molecule has 2 aliphatic heterocycles. The molecule has 12 aliphatic carbocycles. The number of nitrogens with zero attached hydrogens (tertiary/aromatic N) is 14. The second kappa shape index (κ2) is 17.0. The van der Waals surface area contributed by atoms with Crippen LogP contribution in [0.5, 0.6) is 0 Å². The Morgan fingerprint density at radius 3 is 0.469 bits per heavy atom. The average molecular weight is 1230 g/mol. The fourth-order valence-corrected chi connectivity index (χ4v) is 18.8. The van der Waals surface area contributed by atoms with Crippen molar-refractivity contribution in [3.8, 4) is 46.1 Å². The molecule has 14 aliphatic rings. The molecule has 0 saturated heterocycles. The molecule has 2 N–H and O–H groups in total. The summed E-state index contributed by atoms with van der Waals surface area (Å²) in [6, 6.07) is 69.7. The first-order valence-electron chi connectivity index (χ1n) is 32.8. The summed E-state index contributed by atoms with van der Waals surface area (Å²) in [5, 5.41) is 0. The topological polar surface area (TPSA) is 212 Å². The highest BCUT2D eigenvalue weighted by atomic mass is 15.1. The van der Waals surface area contributed by atoms with E-state index in [0.29, 0.717) is 90.7 Å². The van der Waals surface area contributed by atoms with Gasteiger partial charge in [-0.15, -0.1) is 0 Å². The number of aromatic nitrogens is 16. The number of hydrogen-bond acceptors (Lipinski definition) is 14. The van der Waals surface area contributed by atoms with E-state index in [1.165, 1.54) is 89.0 Å². The Kier molecular flexibility index (Phi) is 8.69. The van der Waals surface area contributed by atoms with Gasteiger partial charge in [0.05, 0.1) is 92.9 Å². The Hall–Kier alpha value is -12.6. The minimum atomic E-state index is -0.178. The lowest BCUT2D eigenvalue weighted by Crippen LogP contribution is -2.29. The molecule has 9 heterocycles. The number of H-pyrrole nitrogens is 2. The van der Waals surface area contributed by atoms with Crippen LogP contribution >= 0.6 is 0 Å². The lowest BCUT2D eigenvalue weighted by molar-refractivity contribution is 0.703. The Labute approximate surface area is 543 Å². The first kappa shape index (κ1) is 49.1. The summed E-state index contributed by atoms with van der Waals surface area (Å²) >= 11 is 0. The van der Waals surface area contributed by atoms with Crippen molar-refractivity contribution in [2.75, 3.05) is 0 Å². The number of benzene rings is 8. The van der Waals surface area contributed by atoms with Gasteiger partial charge in [0.1, 0.15) is 44.8 Å². The highest BCUT2D eigenvalue weighted by molar-refractivity contribution is 6.02. The molecule has 16 heteroatoms. The summed E-state index contributed by atoms with van der Waals surface area (Å²) in [4.78, 5) is 86.8.